The van der Waals surface area contributed by atoms with Gasteiger partial charge in [0.2, 0.25) is 0 Å². The van der Waals surface area contributed by atoms with Crippen molar-refractivity contribution < 1.29 is 14.5 Å². The molecule has 1 heterocycles. The average Bonchev–Trinajstić information content (AvgIpc) is 2.71. The van der Waals surface area contributed by atoms with Gasteiger partial charge in [0, 0.05) is 38.0 Å². The van der Waals surface area contributed by atoms with Crippen molar-refractivity contribution in [2.75, 3.05) is 19.0 Å². The van der Waals surface area contributed by atoms with Crippen LogP contribution in [0.5, 0.6) is 0 Å². The molecule has 0 atom stereocenters. The van der Waals surface area contributed by atoms with Crippen molar-refractivity contribution in [2.24, 2.45) is 0 Å². The molecule has 156 valence electrons. The van der Waals surface area contributed by atoms with Crippen LogP contribution in [0.2, 0.25) is 0 Å². The van der Waals surface area contributed by atoms with Gasteiger partial charge in [0.05, 0.1) is 21.5 Å². The number of aromatic nitrogens is 2. The van der Waals surface area contributed by atoms with E-state index in [1.165, 1.54) is 28.8 Å². The molecule has 1 amide bonds. The van der Waals surface area contributed by atoms with Crippen LogP contribution in [0.4, 0.5) is 11.4 Å². The molecule has 1 aromatic heterocycles. The van der Waals surface area contributed by atoms with Crippen LogP contribution in [0.3, 0.4) is 0 Å². The molecule has 30 heavy (non-hydrogen) atoms. The number of nitro benzene ring substituents is 1. The minimum absolute atomic E-state index is 0.118. The van der Waals surface area contributed by atoms with E-state index in [0.717, 1.165) is 0 Å². The van der Waals surface area contributed by atoms with Crippen LogP contribution in [0, 0.1) is 21.8 Å². The molecule has 0 fully saturated rings. The lowest BCUT2D eigenvalue weighted by molar-refractivity contribution is -0.384. The molecule has 0 aliphatic carbocycles. The fourth-order valence-corrected chi connectivity index (χ4v) is 3.30. The number of aryl methyl sites for hydroxylation is 1. The number of hydrogen-bond donors (Lipinski definition) is 2. The molecule has 3 rings (SSSR count). The number of rotatable bonds is 7. The molecule has 0 spiro atoms. The van der Waals surface area contributed by atoms with E-state index in [9.17, 15) is 19.7 Å². The highest BCUT2D eigenvalue weighted by molar-refractivity contribution is 7.71. The Morgan fingerprint density at radius 3 is 2.77 bits per heavy atom. The maximum absolute atomic E-state index is 12.7. The molecule has 0 radical (unpaired) electrons. The quantitative estimate of drug-likeness (QED) is 0.257. The molecule has 0 unspecified atom stereocenters. The van der Waals surface area contributed by atoms with Gasteiger partial charge in [-0.05, 0) is 49.3 Å². The zero-order chi connectivity index (χ0) is 21.8. The van der Waals surface area contributed by atoms with Crippen molar-refractivity contribution in [2.45, 2.75) is 19.9 Å². The fraction of sp³-hybridized carbons (Fsp3) is 0.250. The Kier molecular flexibility index (Phi) is 6.38. The van der Waals surface area contributed by atoms with E-state index in [2.05, 4.69) is 10.3 Å². The van der Waals surface area contributed by atoms with Gasteiger partial charge in [0.25, 0.3) is 17.2 Å². The number of carbonyl (C=O) groups is 1. The van der Waals surface area contributed by atoms with Gasteiger partial charge in [-0.2, -0.15) is 0 Å². The average molecular weight is 428 g/mol. The van der Waals surface area contributed by atoms with Gasteiger partial charge in [0.15, 0.2) is 4.77 Å². The van der Waals surface area contributed by atoms with Crippen molar-refractivity contribution >= 4 is 40.4 Å². The molecule has 3 aromatic rings. The maximum atomic E-state index is 12.7. The second-order valence-corrected chi connectivity index (χ2v) is 7.09. The minimum atomic E-state index is -0.525. The highest BCUT2D eigenvalue weighted by atomic mass is 32.1. The first kappa shape index (κ1) is 21.3. The maximum Gasteiger partial charge on any atom is 0.271 e. The van der Waals surface area contributed by atoms with Crippen LogP contribution in [0.15, 0.2) is 41.2 Å². The van der Waals surface area contributed by atoms with Crippen LogP contribution in [0.1, 0.15) is 22.3 Å². The number of carbonyl (C=O) groups excluding carboxylic acids is 1. The number of fused-ring (bicyclic) bond motifs is 1. The summed E-state index contributed by atoms with van der Waals surface area (Å²) < 4.78 is 6.73. The van der Waals surface area contributed by atoms with Crippen LogP contribution >= 0.6 is 12.2 Å². The molecular formula is C20H20N4O5S. The molecule has 10 heteroatoms. The number of nitro groups is 1. The lowest BCUT2D eigenvalue weighted by Gasteiger charge is -2.10. The predicted molar refractivity (Wildman–Crippen MR) is 116 cm³/mol. The molecule has 0 saturated heterocycles. The number of hydrogen-bond acceptors (Lipinski definition) is 6. The van der Waals surface area contributed by atoms with E-state index in [0.29, 0.717) is 41.7 Å². The summed E-state index contributed by atoms with van der Waals surface area (Å²) in [7, 11) is 1.59. The third-order valence-electron chi connectivity index (χ3n) is 4.65. The standard InChI is InChI=1S/C20H20N4O5S/c1-12-4-6-14(24(27)28)11-16(12)21-18(25)13-5-7-15-17(10-13)22-20(30)23(19(15)26)8-3-9-29-2/h4-7,10-11H,3,8-9H2,1-2H3,(H,21,25)(H,22,30). The van der Waals surface area contributed by atoms with Gasteiger partial charge in [-0.3, -0.25) is 24.3 Å². The van der Waals surface area contributed by atoms with Crippen LogP contribution in [-0.4, -0.2) is 34.1 Å². The van der Waals surface area contributed by atoms with Gasteiger partial charge in [0.1, 0.15) is 0 Å². The highest BCUT2D eigenvalue weighted by Crippen LogP contribution is 2.23. The Bertz CT molecular complexity index is 1250. The van der Waals surface area contributed by atoms with E-state index in [4.69, 9.17) is 17.0 Å². The third kappa shape index (κ3) is 4.44. The normalized spacial score (nSPS) is 10.9. The van der Waals surface area contributed by atoms with Crippen molar-refractivity contribution in [3.63, 3.8) is 0 Å². The topological polar surface area (TPSA) is 119 Å². The molecule has 2 aromatic carbocycles. The molecule has 0 aliphatic rings. The fourth-order valence-electron chi connectivity index (χ4n) is 3.02. The Morgan fingerprint density at radius 1 is 1.30 bits per heavy atom. The van der Waals surface area contributed by atoms with Gasteiger partial charge >= 0.3 is 0 Å². The Labute approximate surface area is 176 Å². The number of ether oxygens (including phenoxy) is 1. The van der Waals surface area contributed by atoms with E-state index in [-0.39, 0.29) is 21.6 Å². The van der Waals surface area contributed by atoms with Crippen LogP contribution < -0.4 is 10.9 Å². The number of nitrogens with zero attached hydrogens (tertiary/aromatic N) is 2. The number of nitrogens with one attached hydrogen (secondary N) is 2. The summed E-state index contributed by atoms with van der Waals surface area (Å²) in [6.45, 7) is 2.67. The molecule has 0 bridgehead atoms. The van der Waals surface area contributed by atoms with E-state index in [1.807, 2.05) is 0 Å². The number of benzene rings is 2. The van der Waals surface area contributed by atoms with Crippen molar-refractivity contribution in [3.8, 4) is 0 Å². The molecule has 2 N–H and O–H groups in total. The Morgan fingerprint density at radius 2 is 2.07 bits per heavy atom. The summed E-state index contributed by atoms with van der Waals surface area (Å²) in [4.78, 5) is 38.9. The number of anilines is 1. The third-order valence-corrected chi connectivity index (χ3v) is 4.98. The van der Waals surface area contributed by atoms with Crippen LogP contribution in [-0.2, 0) is 11.3 Å². The summed E-state index contributed by atoms with van der Waals surface area (Å²) in [6.07, 6.45) is 0.641. The number of H-pyrrole nitrogens is 1. The number of non-ortho nitro benzene ring substituents is 1. The zero-order valence-corrected chi connectivity index (χ0v) is 17.2. The van der Waals surface area contributed by atoms with E-state index < -0.39 is 10.8 Å². The van der Waals surface area contributed by atoms with Gasteiger partial charge in [-0.1, -0.05) is 6.07 Å². The molecule has 0 saturated carbocycles. The highest BCUT2D eigenvalue weighted by Gasteiger charge is 2.14. The monoisotopic (exact) mass is 428 g/mol. The summed E-state index contributed by atoms with van der Waals surface area (Å²) in [5, 5.41) is 14.1. The lowest BCUT2D eigenvalue weighted by Crippen LogP contribution is -2.23. The molecule has 9 nitrogen and oxygen atoms in total. The second kappa shape index (κ2) is 8.97. The van der Waals surface area contributed by atoms with Gasteiger partial charge in [-0.25, -0.2) is 0 Å². The number of aromatic amines is 1. The molecular weight excluding hydrogens is 408 g/mol. The van der Waals surface area contributed by atoms with Crippen LogP contribution in [0.25, 0.3) is 10.9 Å². The Balaban J connectivity index is 1.92. The van der Waals surface area contributed by atoms with Crippen molar-refractivity contribution in [1.29, 1.82) is 0 Å². The Hall–Kier alpha value is -3.37. The lowest BCUT2D eigenvalue weighted by atomic mass is 10.1. The van der Waals surface area contributed by atoms with E-state index >= 15 is 0 Å². The second-order valence-electron chi connectivity index (χ2n) is 6.70. The summed E-state index contributed by atoms with van der Waals surface area (Å²) in [5.74, 6) is -0.455. The van der Waals surface area contributed by atoms with Gasteiger partial charge < -0.3 is 15.0 Å². The van der Waals surface area contributed by atoms with Crippen molar-refractivity contribution in [1.82, 2.24) is 9.55 Å². The first-order valence-electron chi connectivity index (χ1n) is 9.14. The van der Waals surface area contributed by atoms with E-state index in [1.54, 1.807) is 26.2 Å². The molecule has 0 aliphatic heterocycles. The first-order valence-corrected chi connectivity index (χ1v) is 9.55. The predicted octanol–water partition coefficient (Wildman–Crippen LogP) is 3.56. The first-order chi connectivity index (χ1) is 14.3. The SMILES string of the molecule is COCCCn1c(=S)[nH]c2cc(C(=O)Nc3cc([N+](=O)[O-])ccc3C)ccc2c1=O. The van der Waals surface area contributed by atoms with Gasteiger partial charge in [-0.15, -0.1) is 0 Å². The smallest absolute Gasteiger partial charge is 0.271 e. The summed E-state index contributed by atoms with van der Waals surface area (Å²) >= 11 is 5.29. The number of methoxy groups -OCH3 is 1. The minimum Gasteiger partial charge on any atom is -0.385 e. The summed E-state index contributed by atoms with van der Waals surface area (Å²) in [5.41, 5.74) is 1.40. The largest absolute Gasteiger partial charge is 0.385 e. The van der Waals surface area contributed by atoms with Crippen molar-refractivity contribution in [3.05, 3.63) is 72.8 Å². The zero-order valence-electron chi connectivity index (χ0n) is 16.4. The summed E-state index contributed by atoms with van der Waals surface area (Å²) in [6, 6.07) is 8.87. The number of amides is 1.